The van der Waals surface area contributed by atoms with E-state index < -0.39 is 15.9 Å². The lowest BCUT2D eigenvalue weighted by atomic mass is 9.82. The van der Waals surface area contributed by atoms with Gasteiger partial charge in [0.25, 0.3) is 15.9 Å². The predicted octanol–water partition coefficient (Wildman–Crippen LogP) is 11.3. The minimum atomic E-state index is -4.03. The number of sulfonamides is 1. The molecule has 55 heavy (non-hydrogen) atoms. The molecule has 0 atom stereocenters. The molecular formula is C45H41ClN2O5S2. The highest BCUT2D eigenvalue weighted by molar-refractivity contribution is 7.90. The fourth-order valence-electron chi connectivity index (χ4n) is 7.94. The van der Waals surface area contributed by atoms with Crippen LogP contribution < -0.4 is 14.2 Å². The first-order valence-corrected chi connectivity index (χ1v) is 21.2. The Labute approximate surface area is 330 Å². The van der Waals surface area contributed by atoms with Crippen molar-refractivity contribution in [3.05, 3.63) is 136 Å². The van der Waals surface area contributed by atoms with E-state index in [0.29, 0.717) is 29.0 Å². The van der Waals surface area contributed by atoms with Gasteiger partial charge in [-0.05, 0) is 108 Å². The molecule has 1 saturated carbocycles. The Balaban J connectivity index is 1.20. The highest BCUT2D eigenvalue weighted by Gasteiger charge is 2.32. The topological polar surface area (TPSA) is 86.6 Å². The van der Waals surface area contributed by atoms with Crippen molar-refractivity contribution < 1.29 is 22.7 Å². The number of carbonyl (C=O) groups is 1. The third-order valence-corrected chi connectivity index (χ3v) is 13.5. The summed E-state index contributed by atoms with van der Waals surface area (Å²) in [7, 11) is -2.37. The summed E-state index contributed by atoms with van der Waals surface area (Å²) < 4.78 is 44.0. The second-order valence-corrected chi connectivity index (χ2v) is 17.3. The van der Waals surface area contributed by atoms with Crippen LogP contribution in [0.25, 0.3) is 44.3 Å². The molecule has 0 bridgehead atoms. The Hall–Kier alpha value is -5.09. The predicted molar refractivity (Wildman–Crippen MR) is 224 cm³/mol. The minimum absolute atomic E-state index is 0.0491. The average Bonchev–Trinajstić information content (AvgIpc) is 3.70. The van der Waals surface area contributed by atoms with Gasteiger partial charge in [0.1, 0.15) is 18.1 Å². The van der Waals surface area contributed by atoms with Crippen LogP contribution in [0.3, 0.4) is 0 Å². The number of nitrogens with zero attached hydrogens (tertiary/aromatic N) is 1. The second kappa shape index (κ2) is 15.2. The molecule has 4 aromatic carbocycles. The highest BCUT2D eigenvalue weighted by atomic mass is 35.5. The summed E-state index contributed by atoms with van der Waals surface area (Å²) in [5, 5.41) is 0.677. The van der Waals surface area contributed by atoms with Crippen LogP contribution in [0, 0.1) is 6.92 Å². The third kappa shape index (κ3) is 7.12. The zero-order valence-electron chi connectivity index (χ0n) is 30.7. The van der Waals surface area contributed by atoms with Gasteiger partial charge in [-0.25, -0.2) is 13.1 Å². The normalized spacial score (nSPS) is 14.6. The van der Waals surface area contributed by atoms with Crippen LogP contribution in [-0.4, -0.2) is 32.6 Å². The van der Waals surface area contributed by atoms with Crippen molar-refractivity contribution in [2.45, 2.75) is 56.4 Å². The molecule has 1 aliphatic heterocycles. The zero-order chi connectivity index (χ0) is 38.3. The largest absolute Gasteiger partial charge is 0.497 e. The van der Waals surface area contributed by atoms with Gasteiger partial charge < -0.3 is 14.0 Å². The second-order valence-electron chi connectivity index (χ2n) is 14.1. The van der Waals surface area contributed by atoms with E-state index in [-0.39, 0.29) is 4.90 Å². The van der Waals surface area contributed by atoms with E-state index in [1.165, 1.54) is 35.5 Å². The summed E-state index contributed by atoms with van der Waals surface area (Å²) in [6.45, 7) is 7.59. The molecule has 2 aromatic heterocycles. The van der Waals surface area contributed by atoms with Crippen molar-refractivity contribution >= 4 is 60.7 Å². The van der Waals surface area contributed by atoms with E-state index in [0.717, 1.165) is 92.0 Å². The lowest BCUT2D eigenvalue weighted by Gasteiger charge is -2.24. The first kappa shape index (κ1) is 36.9. The number of halogens is 1. The number of benzene rings is 4. The summed E-state index contributed by atoms with van der Waals surface area (Å²) in [5.74, 6) is 1.24. The molecule has 3 heterocycles. The smallest absolute Gasteiger partial charge is 0.275 e. The molecule has 1 fully saturated rings. The number of hydrogen-bond acceptors (Lipinski definition) is 6. The molecule has 6 aromatic rings. The Bertz CT molecular complexity index is 2580. The first-order valence-electron chi connectivity index (χ1n) is 18.5. The lowest BCUT2D eigenvalue weighted by Crippen LogP contribution is -2.29. The Morgan fingerprint density at radius 2 is 1.73 bits per heavy atom. The number of methoxy groups -OCH3 is 1. The van der Waals surface area contributed by atoms with Gasteiger partial charge in [-0.15, -0.1) is 11.3 Å². The van der Waals surface area contributed by atoms with E-state index in [9.17, 15) is 13.2 Å². The Morgan fingerprint density at radius 3 is 2.47 bits per heavy atom. The van der Waals surface area contributed by atoms with Gasteiger partial charge in [0.2, 0.25) is 0 Å². The number of thiophene rings is 1. The van der Waals surface area contributed by atoms with Crippen molar-refractivity contribution in [2.24, 2.45) is 0 Å². The molecule has 0 saturated heterocycles. The molecule has 1 aliphatic carbocycles. The van der Waals surface area contributed by atoms with E-state index >= 15 is 0 Å². The number of amides is 1. The molecule has 0 unspecified atom stereocenters. The number of nitrogens with one attached hydrogen (secondary N) is 1. The number of rotatable bonds is 9. The van der Waals surface area contributed by atoms with Crippen molar-refractivity contribution in [3.63, 3.8) is 0 Å². The quantitative estimate of drug-likeness (QED) is 0.147. The molecule has 7 nitrogen and oxygen atoms in total. The van der Waals surface area contributed by atoms with E-state index in [2.05, 4.69) is 41.0 Å². The molecule has 2 aliphatic rings. The third-order valence-electron chi connectivity index (χ3n) is 10.7. The molecule has 280 valence electrons. The van der Waals surface area contributed by atoms with Gasteiger partial charge in [-0.2, -0.15) is 0 Å². The zero-order valence-corrected chi connectivity index (χ0v) is 33.1. The van der Waals surface area contributed by atoms with Crippen LogP contribution in [-0.2, 0) is 16.6 Å². The van der Waals surface area contributed by atoms with Crippen molar-refractivity contribution in [3.8, 4) is 33.9 Å². The van der Waals surface area contributed by atoms with Gasteiger partial charge in [0.15, 0.2) is 0 Å². The average molecular weight is 789 g/mol. The number of carbonyl (C=O) groups excluding carboxylic acids is 1. The maximum atomic E-state index is 13.5. The maximum Gasteiger partial charge on any atom is 0.275 e. The molecule has 8 rings (SSSR count). The molecular weight excluding hydrogens is 748 g/mol. The van der Waals surface area contributed by atoms with Crippen LogP contribution in [0.5, 0.6) is 11.5 Å². The van der Waals surface area contributed by atoms with Gasteiger partial charge >= 0.3 is 0 Å². The summed E-state index contributed by atoms with van der Waals surface area (Å²) in [6, 6.07) is 27.9. The maximum absolute atomic E-state index is 13.5. The van der Waals surface area contributed by atoms with Gasteiger partial charge in [0, 0.05) is 16.1 Å². The number of allylic oxidation sites excluding steroid dienone is 2. The lowest BCUT2D eigenvalue weighted by molar-refractivity contribution is 0.0985. The van der Waals surface area contributed by atoms with Crippen molar-refractivity contribution in [2.75, 3.05) is 13.7 Å². The number of fused-ring (bicyclic) bond motifs is 5. The highest BCUT2D eigenvalue weighted by Crippen LogP contribution is 2.50. The number of hydrogen-bond donors (Lipinski definition) is 1. The van der Waals surface area contributed by atoms with Gasteiger partial charge in [-0.3, -0.25) is 4.79 Å². The van der Waals surface area contributed by atoms with Crippen LogP contribution in [0.1, 0.15) is 69.9 Å². The fourth-order valence-corrected chi connectivity index (χ4v) is 10.3. The Kier molecular flexibility index (Phi) is 10.2. The molecule has 0 radical (unpaired) electrons. The standard InChI is InChI=1S/C45H41ClN2O5S2/c1-28-15-22-37-42-41(31-10-6-4-7-11-31)44-39(27-40(54-44)45(49)47-55(50,51)34-12-8-5-9-13-34)48(42)24-25-53-43(37)35(28)21-14-29(2)38-26-33(52-3)20-23-36(38)30-16-18-32(46)19-17-30/h5,8-9,12-23,26-27,31H,2,4,6-7,10-11,24-25H2,1,3H3,(H,47,49)/b21-14-. The van der Waals surface area contributed by atoms with Crippen molar-refractivity contribution in [1.29, 1.82) is 0 Å². The number of aryl methyl sites for hydroxylation is 1. The van der Waals surface area contributed by atoms with Crippen LogP contribution in [0.15, 0.2) is 109 Å². The molecule has 10 heteroatoms. The van der Waals surface area contributed by atoms with Crippen LogP contribution >= 0.6 is 22.9 Å². The summed E-state index contributed by atoms with van der Waals surface area (Å²) in [5.41, 5.74) is 10.2. The summed E-state index contributed by atoms with van der Waals surface area (Å²) >= 11 is 7.59. The summed E-state index contributed by atoms with van der Waals surface area (Å²) in [4.78, 5) is 14.0. The van der Waals surface area contributed by atoms with Gasteiger partial charge in [-0.1, -0.05) is 92.1 Å². The molecule has 0 spiro atoms. The van der Waals surface area contributed by atoms with Crippen LogP contribution in [0.4, 0.5) is 0 Å². The molecule has 1 amide bonds. The fraction of sp³-hybridized carbons (Fsp3) is 0.222. The van der Waals surface area contributed by atoms with E-state index in [1.807, 2.05) is 54.6 Å². The Morgan fingerprint density at radius 1 is 0.982 bits per heavy atom. The van der Waals surface area contributed by atoms with Crippen molar-refractivity contribution in [1.82, 2.24) is 9.29 Å². The summed E-state index contributed by atoms with van der Waals surface area (Å²) in [6.07, 6.45) is 9.73. The first-order chi connectivity index (χ1) is 26.6. The SMILES string of the molecule is C=C(/C=C\c1c(C)ccc2c1OCCn1c-2c(C2CCCCC2)c2sc(C(=O)NS(=O)(=O)c3ccccc3)cc21)c1cc(OC)ccc1-c1ccc(Cl)cc1. The van der Waals surface area contributed by atoms with Crippen LogP contribution in [0.2, 0.25) is 5.02 Å². The van der Waals surface area contributed by atoms with E-state index in [1.54, 1.807) is 25.3 Å². The monoisotopic (exact) mass is 788 g/mol. The number of ether oxygens (including phenoxy) is 2. The van der Waals surface area contributed by atoms with Gasteiger partial charge in [0.05, 0.1) is 39.3 Å². The minimum Gasteiger partial charge on any atom is -0.497 e. The number of aromatic nitrogens is 1. The van der Waals surface area contributed by atoms with E-state index in [4.69, 9.17) is 21.1 Å². The molecule has 1 N–H and O–H groups in total.